The summed E-state index contributed by atoms with van der Waals surface area (Å²) in [6.07, 6.45) is 1.75. The molecular weight excluding hydrogens is 260 g/mol. The van der Waals surface area contributed by atoms with Gasteiger partial charge >= 0.3 is 0 Å². The van der Waals surface area contributed by atoms with Gasteiger partial charge < -0.3 is 19.6 Å². The van der Waals surface area contributed by atoms with Crippen LogP contribution >= 0.6 is 0 Å². The summed E-state index contributed by atoms with van der Waals surface area (Å²) in [7, 11) is 1.61. The first kappa shape index (κ1) is 12.8. The van der Waals surface area contributed by atoms with Gasteiger partial charge in [0.15, 0.2) is 11.6 Å². The van der Waals surface area contributed by atoms with Crippen molar-refractivity contribution in [1.82, 2.24) is 24.7 Å². The second-order valence-electron chi connectivity index (χ2n) is 4.47. The van der Waals surface area contributed by atoms with E-state index >= 15 is 0 Å². The minimum atomic E-state index is 0.340. The van der Waals surface area contributed by atoms with Crippen molar-refractivity contribution >= 4 is 11.6 Å². The molecule has 0 aliphatic carbocycles. The average Bonchev–Trinajstić information content (AvgIpc) is 2.94. The zero-order valence-corrected chi connectivity index (χ0v) is 11.2. The Morgan fingerprint density at radius 3 is 3.10 bits per heavy atom. The topological polar surface area (TPSA) is 107 Å². The fraction of sp³-hybridized carbons (Fsp3) is 0.455. The molecule has 0 bridgehead atoms. The van der Waals surface area contributed by atoms with Crippen LogP contribution in [0.15, 0.2) is 12.4 Å². The minimum absolute atomic E-state index is 0.340. The summed E-state index contributed by atoms with van der Waals surface area (Å²) in [5, 5.41) is 8.01. The Kier molecular flexibility index (Phi) is 3.44. The normalized spacial score (nSPS) is 14.2. The van der Waals surface area contributed by atoms with Gasteiger partial charge in [-0.2, -0.15) is 0 Å². The smallest absolute Gasteiger partial charge is 0.158 e. The molecule has 106 valence electrons. The number of nitrogens with one attached hydrogen (secondary N) is 1. The van der Waals surface area contributed by atoms with Crippen molar-refractivity contribution in [3.8, 4) is 0 Å². The van der Waals surface area contributed by atoms with Crippen LogP contribution < -0.4 is 16.2 Å². The molecule has 0 atom stereocenters. The minimum Gasteiger partial charge on any atom is -0.377 e. The van der Waals surface area contributed by atoms with Crippen LogP contribution in [0.2, 0.25) is 0 Å². The number of anilines is 2. The highest BCUT2D eigenvalue weighted by molar-refractivity contribution is 5.49. The highest BCUT2D eigenvalue weighted by Gasteiger charge is 2.19. The van der Waals surface area contributed by atoms with E-state index in [1.165, 1.54) is 0 Å². The fourth-order valence-corrected chi connectivity index (χ4v) is 2.17. The van der Waals surface area contributed by atoms with Crippen LogP contribution in [0.5, 0.6) is 0 Å². The first-order valence-electron chi connectivity index (χ1n) is 6.25. The van der Waals surface area contributed by atoms with Crippen LogP contribution in [-0.2, 0) is 24.4 Å². The van der Waals surface area contributed by atoms with Crippen molar-refractivity contribution in [3.05, 3.63) is 24.0 Å². The number of nitrogens with two attached hydrogens (primary N) is 1. The molecule has 20 heavy (non-hydrogen) atoms. The molecule has 3 heterocycles. The lowest BCUT2D eigenvalue weighted by Crippen LogP contribution is -2.34. The van der Waals surface area contributed by atoms with Crippen molar-refractivity contribution < 1.29 is 4.74 Å². The summed E-state index contributed by atoms with van der Waals surface area (Å²) >= 11 is 0. The van der Waals surface area contributed by atoms with Crippen LogP contribution in [-0.4, -0.2) is 38.4 Å². The van der Waals surface area contributed by atoms with Gasteiger partial charge in [0.1, 0.15) is 24.6 Å². The Bertz CT molecular complexity index is 598. The highest BCUT2D eigenvalue weighted by Crippen LogP contribution is 2.20. The number of aromatic nitrogens is 5. The van der Waals surface area contributed by atoms with E-state index in [4.69, 9.17) is 10.6 Å². The summed E-state index contributed by atoms with van der Waals surface area (Å²) < 4.78 is 7.11. The van der Waals surface area contributed by atoms with E-state index in [0.29, 0.717) is 24.8 Å². The standard InChI is InChI=1S/C11H16N8O/c1-20-6-9-14-8(16-12)4-10(15-9)18-2-3-19-7-13-17-11(19)5-18/h4,7H,2-3,5-6,12H2,1H3,(H,14,15,16). The number of rotatable bonds is 4. The van der Waals surface area contributed by atoms with Crippen molar-refractivity contribution in [2.24, 2.45) is 5.84 Å². The third kappa shape index (κ3) is 2.40. The molecule has 0 radical (unpaired) electrons. The van der Waals surface area contributed by atoms with Crippen molar-refractivity contribution in [2.45, 2.75) is 19.7 Å². The van der Waals surface area contributed by atoms with Gasteiger partial charge in [0.2, 0.25) is 0 Å². The largest absolute Gasteiger partial charge is 0.377 e. The van der Waals surface area contributed by atoms with E-state index in [2.05, 4.69) is 30.5 Å². The summed E-state index contributed by atoms with van der Waals surface area (Å²) in [6.45, 7) is 2.66. The van der Waals surface area contributed by atoms with Gasteiger partial charge in [0.05, 0.1) is 6.54 Å². The molecule has 2 aromatic heterocycles. The lowest BCUT2D eigenvalue weighted by Gasteiger charge is -2.28. The van der Waals surface area contributed by atoms with Gasteiger partial charge in [-0.3, -0.25) is 0 Å². The van der Waals surface area contributed by atoms with Crippen LogP contribution in [0.4, 0.5) is 11.6 Å². The molecule has 1 aliphatic heterocycles. The van der Waals surface area contributed by atoms with Gasteiger partial charge in [0.25, 0.3) is 0 Å². The third-order valence-electron chi connectivity index (χ3n) is 3.14. The predicted molar refractivity (Wildman–Crippen MR) is 71.6 cm³/mol. The number of fused-ring (bicyclic) bond motifs is 1. The quantitative estimate of drug-likeness (QED) is 0.569. The van der Waals surface area contributed by atoms with E-state index in [-0.39, 0.29) is 0 Å². The molecular formula is C11H16N8O. The van der Waals surface area contributed by atoms with Crippen molar-refractivity contribution in [1.29, 1.82) is 0 Å². The monoisotopic (exact) mass is 276 g/mol. The Morgan fingerprint density at radius 1 is 1.40 bits per heavy atom. The lowest BCUT2D eigenvalue weighted by molar-refractivity contribution is 0.178. The molecule has 9 nitrogen and oxygen atoms in total. The number of nitrogen functional groups attached to an aromatic ring is 1. The number of hydrogen-bond donors (Lipinski definition) is 2. The van der Waals surface area contributed by atoms with Gasteiger partial charge in [-0.25, -0.2) is 15.8 Å². The molecule has 3 rings (SSSR count). The number of methoxy groups -OCH3 is 1. The van der Waals surface area contributed by atoms with Gasteiger partial charge in [-0.15, -0.1) is 10.2 Å². The zero-order chi connectivity index (χ0) is 13.9. The SMILES string of the molecule is COCc1nc(NN)cc(N2CCn3cnnc3C2)n1. The Morgan fingerprint density at radius 2 is 2.30 bits per heavy atom. The lowest BCUT2D eigenvalue weighted by atomic mass is 10.3. The van der Waals surface area contributed by atoms with E-state index in [1.807, 2.05) is 10.6 Å². The van der Waals surface area contributed by atoms with E-state index in [0.717, 1.165) is 24.7 Å². The van der Waals surface area contributed by atoms with Crippen molar-refractivity contribution in [3.63, 3.8) is 0 Å². The Labute approximate surface area is 115 Å². The van der Waals surface area contributed by atoms with E-state index in [9.17, 15) is 0 Å². The summed E-state index contributed by atoms with van der Waals surface area (Å²) in [6, 6.07) is 1.81. The Hall–Kier alpha value is -2.26. The second kappa shape index (κ2) is 5.39. The average molecular weight is 276 g/mol. The maximum Gasteiger partial charge on any atom is 0.158 e. The van der Waals surface area contributed by atoms with Crippen LogP contribution in [0.25, 0.3) is 0 Å². The highest BCUT2D eigenvalue weighted by atomic mass is 16.5. The molecule has 9 heteroatoms. The molecule has 1 aliphatic rings. The summed E-state index contributed by atoms with van der Waals surface area (Å²) in [4.78, 5) is 10.8. The molecule has 0 aromatic carbocycles. The fourth-order valence-electron chi connectivity index (χ4n) is 2.17. The van der Waals surface area contributed by atoms with E-state index < -0.39 is 0 Å². The number of hydrogen-bond acceptors (Lipinski definition) is 8. The summed E-state index contributed by atoms with van der Waals surface area (Å²) in [5.74, 6) is 8.32. The molecule has 3 N–H and O–H groups in total. The molecule has 0 saturated carbocycles. The van der Waals surface area contributed by atoms with Gasteiger partial charge in [0, 0.05) is 26.3 Å². The van der Waals surface area contributed by atoms with Crippen molar-refractivity contribution in [2.75, 3.05) is 24.0 Å². The second-order valence-corrected chi connectivity index (χ2v) is 4.47. The number of ether oxygens (including phenoxy) is 1. The maximum atomic E-state index is 5.45. The number of nitrogens with zero attached hydrogens (tertiary/aromatic N) is 6. The van der Waals surface area contributed by atoms with Gasteiger partial charge in [-0.05, 0) is 0 Å². The number of hydrazine groups is 1. The molecule has 2 aromatic rings. The molecule has 0 unspecified atom stereocenters. The maximum absolute atomic E-state index is 5.45. The molecule has 0 fully saturated rings. The van der Waals surface area contributed by atoms with Crippen LogP contribution in [0.3, 0.4) is 0 Å². The Balaban J connectivity index is 1.88. The summed E-state index contributed by atoms with van der Waals surface area (Å²) in [5.41, 5.74) is 2.55. The molecule has 0 spiro atoms. The van der Waals surface area contributed by atoms with Gasteiger partial charge in [-0.1, -0.05) is 0 Å². The predicted octanol–water partition coefficient (Wildman–Crippen LogP) is -0.480. The van der Waals surface area contributed by atoms with Crippen LogP contribution in [0.1, 0.15) is 11.6 Å². The van der Waals surface area contributed by atoms with E-state index in [1.54, 1.807) is 13.4 Å². The first-order valence-corrected chi connectivity index (χ1v) is 6.25. The molecule has 0 saturated heterocycles. The third-order valence-corrected chi connectivity index (χ3v) is 3.14. The molecule has 0 amide bonds. The first-order chi connectivity index (χ1) is 9.80. The van der Waals surface area contributed by atoms with Crippen LogP contribution in [0, 0.1) is 0 Å². The zero-order valence-electron chi connectivity index (χ0n) is 11.2.